The average molecular weight is 485 g/mol. The summed E-state index contributed by atoms with van der Waals surface area (Å²) in [5.74, 6) is -0.302. The van der Waals surface area contributed by atoms with Crippen LogP contribution >= 0.6 is 0 Å². The predicted molar refractivity (Wildman–Crippen MR) is 148 cm³/mol. The molecule has 1 heterocycles. The fourth-order valence-electron chi connectivity index (χ4n) is 4.64. The lowest BCUT2D eigenvalue weighted by Gasteiger charge is -2.23. The Bertz CT molecular complexity index is 1150. The van der Waals surface area contributed by atoms with Crippen LogP contribution in [-0.2, 0) is 0 Å². The Morgan fingerprint density at radius 1 is 0.833 bits per heavy atom. The summed E-state index contributed by atoms with van der Waals surface area (Å²) < 4.78 is 0. The SMILES string of the molecule is CCN(CC)CCNC(=O)c1cc(NC(=O)c2ccc(-c3ccccc3)cc2)ccc1N1CCCC1. The number of carbonyl (C=O) groups excluding carboxylic acids is 2. The van der Waals surface area contributed by atoms with Crippen molar-refractivity contribution in [3.8, 4) is 11.1 Å². The summed E-state index contributed by atoms with van der Waals surface area (Å²) in [7, 11) is 0. The monoisotopic (exact) mass is 484 g/mol. The fraction of sp³-hybridized carbons (Fsp3) is 0.333. The summed E-state index contributed by atoms with van der Waals surface area (Å²) in [6.45, 7) is 9.45. The molecule has 3 aromatic rings. The van der Waals surface area contributed by atoms with Gasteiger partial charge in [-0.25, -0.2) is 0 Å². The minimum atomic E-state index is -0.198. The Balaban J connectivity index is 1.48. The molecule has 4 rings (SSSR count). The van der Waals surface area contributed by atoms with Crippen LogP contribution in [0.15, 0.2) is 72.8 Å². The first-order chi connectivity index (χ1) is 17.6. The molecule has 1 aliphatic heterocycles. The normalized spacial score (nSPS) is 13.1. The van der Waals surface area contributed by atoms with Crippen molar-refractivity contribution in [3.63, 3.8) is 0 Å². The van der Waals surface area contributed by atoms with E-state index in [9.17, 15) is 9.59 Å². The van der Waals surface area contributed by atoms with E-state index < -0.39 is 0 Å². The number of nitrogens with zero attached hydrogens (tertiary/aromatic N) is 2. The van der Waals surface area contributed by atoms with Crippen LogP contribution in [0, 0.1) is 0 Å². The zero-order chi connectivity index (χ0) is 25.3. The third-order valence-corrected chi connectivity index (χ3v) is 6.81. The summed E-state index contributed by atoms with van der Waals surface area (Å²) in [5.41, 5.74) is 4.89. The van der Waals surface area contributed by atoms with Crippen LogP contribution in [0.3, 0.4) is 0 Å². The Kier molecular flexibility index (Phi) is 8.74. The van der Waals surface area contributed by atoms with E-state index in [-0.39, 0.29) is 11.8 Å². The largest absolute Gasteiger partial charge is 0.371 e. The molecule has 0 bridgehead atoms. The van der Waals surface area contributed by atoms with Gasteiger partial charge in [0, 0.05) is 43.1 Å². The van der Waals surface area contributed by atoms with Gasteiger partial charge in [-0.1, -0.05) is 56.3 Å². The van der Waals surface area contributed by atoms with Crippen LogP contribution in [0.25, 0.3) is 11.1 Å². The number of carbonyl (C=O) groups is 2. The van der Waals surface area contributed by atoms with E-state index in [0.29, 0.717) is 23.4 Å². The Morgan fingerprint density at radius 3 is 2.17 bits per heavy atom. The van der Waals surface area contributed by atoms with Crippen molar-refractivity contribution >= 4 is 23.2 Å². The highest BCUT2D eigenvalue weighted by atomic mass is 16.2. The van der Waals surface area contributed by atoms with Crippen LogP contribution in [-0.4, -0.2) is 56.0 Å². The van der Waals surface area contributed by atoms with Crippen molar-refractivity contribution in [2.45, 2.75) is 26.7 Å². The molecule has 0 atom stereocenters. The second kappa shape index (κ2) is 12.4. The minimum absolute atomic E-state index is 0.104. The first kappa shape index (κ1) is 25.5. The fourth-order valence-corrected chi connectivity index (χ4v) is 4.64. The zero-order valence-electron chi connectivity index (χ0n) is 21.3. The molecule has 6 heteroatoms. The van der Waals surface area contributed by atoms with Crippen molar-refractivity contribution in [1.82, 2.24) is 10.2 Å². The molecule has 2 amide bonds. The Labute approximate surface area is 214 Å². The number of amides is 2. The van der Waals surface area contributed by atoms with Gasteiger partial charge in [0.1, 0.15) is 0 Å². The summed E-state index contributed by atoms with van der Waals surface area (Å²) in [6, 6.07) is 23.3. The van der Waals surface area contributed by atoms with E-state index in [4.69, 9.17) is 0 Å². The smallest absolute Gasteiger partial charge is 0.255 e. The van der Waals surface area contributed by atoms with Crippen molar-refractivity contribution < 1.29 is 9.59 Å². The molecule has 1 fully saturated rings. The molecule has 0 spiro atoms. The molecule has 0 aromatic heterocycles. The first-order valence-corrected chi connectivity index (χ1v) is 13.0. The van der Waals surface area contributed by atoms with Crippen molar-refractivity contribution in [3.05, 3.63) is 83.9 Å². The molecule has 0 radical (unpaired) electrons. The molecular formula is C30H36N4O2. The van der Waals surface area contributed by atoms with Crippen LogP contribution in [0.1, 0.15) is 47.4 Å². The van der Waals surface area contributed by atoms with Gasteiger partial charge < -0.3 is 20.4 Å². The highest BCUT2D eigenvalue weighted by molar-refractivity contribution is 6.06. The molecule has 3 aromatic carbocycles. The van der Waals surface area contributed by atoms with E-state index in [2.05, 4.69) is 34.3 Å². The summed E-state index contributed by atoms with van der Waals surface area (Å²) in [6.07, 6.45) is 2.25. The summed E-state index contributed by atoms with van der Waals surface area (Å²) >= 11 is 0. The highest BCUT2D eigenvalue weighted by Crippen LogP contribution is 2.28. The number of hydrogen-bond acceptors (Lipinski definition) is 4. The zero-order valence-corrected chi connectivity index (χ0v) is 21.3. The third kappa shape index (κ3) is 6.32. The Morgan fingerprint density at radius 2 is 1.50 bits per heavy atom. The standard InChI is InChI=1S/C30H36N4O2/c1-3-33(4-2)21-18-31-30(36)27-22-26(16-17-28(27)34-19-8-9-20-34)32-29(35)25-14-12-24(13-15-25)23-10-6-5-7-11-23/h5-7,10-17,22H,3-4,8-9,18-21H2,1-2H3,(H,31,36)(H,32,35). The lowest BCUT2D eigenvalue weighted by molar-refractivity contribution is 0.0948. The van der Waals surface area contributed by atoms with Gasteiger partial charge in [0.05, 0.1) is 5.56 Å². The minimum Gasteiger partial charge on any atom is -0.371 e. The van der Waals surface area contributed by atoms with Crippen LogP contribution in [0.2, 0.25) is 0 Å². The van der Waals surface area contributed by atoms with Gasteiger partial charge in [0.15, 0.2) is 0 Å². The van der Waals surface area contributed by atoms with E-state index in [1.165, 1.54) is 0 Å². The maximum Gasteiger partial charge on any atom is 0.255 e. The lowest BCUT2D eigenvalue weighted by atomic mass is 10.0. The number of benzene rings is 3. The van der Waals surface area contributed by atoms with Gasteiger partial charge in [-0.05, 0) is 67.4 Å². The molecule has 1 aliphatic rings. The lowest BCUT2D eigenvalue weighted by Crippen LogP contribution is -2.35. The molecule has 188 valence electrons. The first-order valence-electron chi connectivity index (χ1n) is 13.0. The predicted octanol–water partition coefficient (Wildman–Crippen LogP) is 5.28. The number of nitrogens with one attached hydrogen (secondary N) is 2. The molecule has 0 saturated carbocycles. The second-order valence-corrected chi connectivity index (χ2v) is 9.11. The van der Waals surface area contributed by atoms with Crippen molar-refractivity contribution in [2.75, 3.05) is 49.5 Å². The molecule has 2 N–H and O–H groups in total. The highest BCUT2D eigenvalue weighted by Gasteiger charge is 2.21. The van der Waals surface area contributed by atoms with E-state index in [0.717, 1.165) is 62.4 Å². The summed E-state index contributed by atoms with van der Waals surface area (Å²) in [4.78, 5) is 30.7. The van der Waals surface area contributed by atoms with Crippen LogP contribution < -0.4 is 15.5 Å². The number of anilines is 2. The van der Waals surface area contributed by atoms with Crippen LogP contribution in [0.5, 0.6) is 0 Å². The van der Waals surface area contributed by atoms with E-state index in [1.54, 1.807) is 6.07 Å². The third-order valence-electron chi connectivity index (χ3n) is 6.81. The molecule has 36 heavy (non-hydrogen) atoms. The van der Waals surface area contributed by atoms with Gasteiger partial charge in [-0.2, -0.15) is 0 Å². The van der Waals surface area contributed by atoms with Gasteiger partial charge in [0.25, 0.3) is 11.8 Å². The van der Waals surface area contributed by atoms with E-state index in [1.807, 2.05) is 66.7 Å². The Hall–Kier alpha value is -3.64. The molecule has 1 saturated heterocycles. The van der Waals surface area contributed by atoms with Crippen LogP contribution in [0.4, 0.5) is 11.4 Å². The number of likely N-dealkylation sites (N-methyl/N-ethyl adjacent to an activating group) is 1. The molecule has 0 unspecified atom stereocenters. The van der Waals surface area contributed by atoms with Crippen molar-refractivity contribution in [1.29, 1.82) is 0 Å². The summed E-state index contributed by atoms with van der Waals surface area (Å²) in [5, 5.41) is 6.05. The van der Waals surface area contributed by atoms with Gasteiger partial charge in [-0.15, -0.1) is 0 Å². The maximum absolute atomic E-state index is 13.2. The van der Waals surface area contributed by atoms with Crippen molar-refractivity contribution in [2.24, 2.45) is 0 Å². The van der Waals surface area contributed by atoms with Gasteiger partial charge in [0.2, 0.25) is 0 Å². The molecular weight excluding hydrogens is 448 g/mol. The maximum atomic E-state index is 13.2. The molecule has 0 aliphatic carbocycles. The van der Waals surface area contributed by atoms with E-state index >= 15 is 0 Å². The van der Waals surface area contributed by atoms with Gasteiger partial charge in [-0.3, -0.25) is 9.59 Å². The van der Waals surface area contributed by atoms with Gasteiger partial charge >= 0.3 is 0 Å². The molecule has 6 nitrogen and oxygen atoms in total. The average Bonchev–Trinajstić information content (AvgIpc) is 3.46. The number of rotatable bonds is 10. The number of hydrogen-bond donors (Lipinski definition) is 2. The quantitative estimate of drug-likeness (QED) is 0.411. The second-order valence-electron chi connectivity index (χ2n) is 9.11. The topological polar surface area (TPSA) is 64.7 Å².